The molecule has 0 saturated heterocycles. The highest BCUT2D eigenvalue weighted by Gasteiger charge is 2.19. The molecule has 0 spiro atoms. The first-order chi connectivity index (χ1) is 15.5. The third kappa shape index (κ3) is 5.27. The van der Waals surface area contributed by atoms with Crippen molar-refractivity contribution in [1.82, 2.24) is 4.98 Å². The number of aromatic nitrogens is 1. The molecule has 0 aliphatic carbocycles. The maximum atomic E-state index is 12.4. The molecule has 10 heteroatoms. The number of esters is 1. The van der Waals surface area contributed by atoms with Gasteiger partial charge in [-0.05, 0) is 36.4 Å². The SMILES string of the molecule is COc1ccc(-c2csc(NC(=O)COC(=O)c3cc(OC)c(OC)c(OC)c3)n2)cc1. The van der Waals surface area contributed by atoms with Crippen LogP contribution in [0.1, 0.15) is 10.4 Å². The van der Waals surface area contributed by atoms with E-state index < -0.39 is 18.5 Å². The smallest absolute Gasteiger partial charge is 0.338 e. The van der Waals surface area contributed by atoms with Gasteiger partial charge in [0.05, 0.1) is 39.7 Å². The van der Waals surface area contributed by atoms with Crippen molar-refractivity contribution in [3.05, 3.63) is 47.3 Å². The van der Waals surface area contributed by atoms with Crippen LogP contribution < -0.4 is 24.3 Å². The van der Waals surface area contributed by atoms with E-state index in [1.807, 2.05) is 29.6 Å². The maximum absolute atomic E-state index is 12.4. The van der Waals surface area contributed by atoms with Gasteiger partial charge in [0.25, 0.3) is 5.91 Å². The second kappa shape index (κ2) is 10.5. The number of carbonyl (C=O) groups excluding carboxylic acids is 2. The number of amides is 1. The second-order valence-electron chi connectivity index (χ2n) is 6.30. The first-order valence-corrected chi connectivity index (χ1v) is 10.2. The van der Waals surface area contributed by atoms with Gasteiger partial charge in [-0.3, -0.25) is 10.1 Å². The van der Waals surface area contributed by atoms with Crippen LogP contribution in [0.25, 0.3) is 11.3 Å². The second-order valence-corrected chi connectivity index (χ2v) is 7.16. The lowest BCUT2D eigenvalue weighted by Crippen LogP contribution is -2.21. The molecule has 3 rings (SSSR count). The lowest BCUT2D eigenvalue weighted by molar-refractivity contribution is -0.119. The Morgan fingerprint density at radius 1 is 0.938 bits per heavy atom. The minimum atomic E-state index is -0.711. The minimum absolute atomic E-state index is 0.156. The van der Waals surface area contributed by atoms with Gasteiger partial charge in [-0.25, -0.2) is 9.78 Å². The number of anilines is 1. The van der Waals surface area contributed by atoms with Crippen LogP contribution in [0.3, 0.4) is 0 Å². The molecule has 0 aliphatic rings. The predicted octanol–water partition coefficient (Wildman–Crippen LogP) is 3.64. The fraction of sp³-hybridized carbons (Fsp3) is 0.227. The van der Waals surface area contributed by atoms with E-state index in [0.29, 0.717) is 28.1 Å². The molecule has 0 atom stereocenters. The molecular weight excluding hydrogens is 436 g/mol. The van der Waals surface area contributed by atoms with Gasteiger partial charge in [0.2, 0.25) is 5.75 Å². The van der Waals surface area contributed by atoms with Crippen LogP contribution in [0, 0.1) is 0 Å². The standard InChI is InChI=1S/C22H22N2O7S/c1-27-15-7-5-13(6-8-15)16-12-32-22(23-16)24-19(25)11-31-21(26)14-9-17(28-2)20(30-4)18(10-14)29-3/h5-10,12H,11H2,1-4H3,(H,23,24,25). The van der Waals surface area contributed by atoms with Gasteiger partial charge in [-0.1, -0.05) is 0 Å². The van der Waals surface area contributed by atoms with Crippen molar-refractivity contribution in [2.75, 3.05) is 40.4 Å². The first-order valence-electron chi connectivity index (χ1n) is 9.36. The Kier molecular flexibility index (Phi) is 7.50. The number of hydrogen-bond donors (Lipinski definition) is 1. The summed E-state index contributed by atoms with van der Waals surface area (Å²) in [6.45, 7) is -0.479. The van der Waals surface area contributed by atoms with E-state index >= 15 is 0 Å². The van der Waals surface area contributed by atoms with E-state index in [1.165, 1.54) is 44.8 Å². The average molecular weight is 458 g/mol. The molecular formula is C22H22N2O7S. The van der Waals surface area contributed by atoms with Crippen molar-refractivity contribution in [3.63, 3.8) is 0 Å². The average Bonchev–Trinajstić information content (AvgIpc) is 3.29. The zero-order valence-corrected chi connectivity index (χ0v) is 18.8. The maximum Gasteiger partial charge on any atom is 0.338 e. The summed E-state index contributed by atoms with van der Waals surface area (Å²) in [5, 5.41) is 4.83. The number of rotatable bonds is 9. The van der Waals surface area contributed by atoms with Crippen LogP contribution in [0.5, 0.6) is 23.0 Å². The third-order valence-electron chi connectivity index (χ3n) is 4.37. The molecule has 3 aromatic rings. The van der Waals surface area contributed by atoms with Crippen LogP contribution in [0.4, 0.5) is 5.13 Å². The van der Waals surface area contributed by atoms with Crippen LogP contribution in [0.15, 0.2) is 41.8 Å². The number of nitrogens with zero attached hydrogens (tertiary/aromatic N) is 1. The molecule has 0 saturated carbocycles. The van der Waals surface area contributed by atoms with Crippen LogP contribution in [-0.2, 0) is 9.53 Å². The Balaban J connectivity index is 1.60. The lowest BCUT2D eigenvalue weighted by Gasteiger charge is -2.13. The number of thiazole rings is 1. The fourth-order valence-corrected chi connectivity index (χ4v) is 3.53. The molecule has 1 N–H and O–H groups in total. The van der Waals surface area contributed by atoms with Crippen molar-refractivity contribution in [3.8, 4) is 34.3 Å². The predicted molar refractivity (Wildman–Crippen MR) is 119 cm³/mol. The van der Waals surface area contributed by atoms with Crippen molar-refractivity contribution >= 4 is 28.3 Å². The Bertz CT molecular complexity index is 1070. The van der Waals surface area contributed by atoms with Gasteiger partial charge in [-0.2, -0.15) is 0 Å². The molecule has 32 heavy (non-hydrogen) atoms. The number of ether oxygens (including phenoxy) is 5. The van der Waals surface area contributed by atoms with Gasteiger partial charge in [0.1, 0.15) is 5.75 Å². The van der Waals surface area contributed by atoms with E-state index in [4.69, 9.17) is 23.7 Å². The molecule has 9 nitrogen and oxygen atoms in total. The quantitative estimate of drug-likeness (QED) is 0.485. The Hall–Kier alpha value is -3.79. The number of carbonyl (C=O) groups is 2. The van der Waals surface area contributed by atoms with Gasteiger partial charge in [0.15, 0.2) is 23.2 Å². The van der Waals surface area contributed by atoms with Crippen molar-refractivity contribution < 1.29 is 33.3 Å². The van der Waals surface area contributed by atoms with E-state index in [1.54, 1.807) is 7.11 Å². The van der Waals surface area contributed by atoms with E-state index in [-0.39, 0.29) is 5.56 Å². The van der Waals surface area contributed by atoms with Crippen LogP contribution in [0.2, 0.25) is 0 Å². The summed E-state index contributed by atoms with van der Waals surface area (Å²) in [5.41, 5.74) is 1.75. The molecule has 0 fully saturated rings. The summed E-state index contributed by atoms with van der Waals surface area (Å²) in [5.74, 6) is 0.472. The van der Waals surface area contributed by atoms with E-state index in [9.17, 15) is 9.59 Å². The molecule has 0 bridgehead atoms. The largest absolute Gasteiger partial charge is 0.497 e. The van der Waals surface area contributed by atoms with Crippen LogP contribution >= 0.6 is 11.3 Å². The molecule has 0 radical (unpaired) electrons. The zero-order valence-electron chi connectivity index (χ0n) is 18.0. The topological polar surface area (TPSA) is 105 Å². The summed E-state index contributed by atoms with van der Waals surface area (Å²) in [7, 11) is 5.93. The molecule has 1 aromatic heterocycles. The van der Waals surface area contributed by atoms with E-state index in [0.717, 1.165) is 11.3 Å². The fourth-order valence-electron chi connectivity index (χ4n) is 2.79. The molecule has 0 aliphatic heterocycles. The number of benzene rings is 2. The van der Waals surface area contributed by atoms with Crippen LogP contribution in [-0.4, -0.2) is 51.9 Å². The van der Waals surface area contributed by atoms with Gasteiger partial charge in [0, 0.05) is 10.9 Å². The molecule has 168 valence electrons. The summed E-state index contributed by atoms with van der Waals surface area (Å²) < 4.78 is 25.9. The first kappa shape index (κ1) is 22.9. The Morgan fingerprint density at radius 3 is 2.16 bits per heavy atom. The zero-order chi connectivity index (χ0) is 23.1. The third-order valence-corrected chi connectivity index (χ3v) is 5.13. The molecule has 2 aromatic carbocycles. The molecule has 1 heterocycles. The van der Waals surface area contributed by atoms with Gasteiger partial charge < -0.3 is 23.7 Å². The summed E-state index contributed by atoms with van der Waals surface area (Å²) in [6.07, 6.45) is 0. The molecule has 1 amide bonds. The van der Waals surface area contributed by atoms with Crippen molar-refractivity contribution in [2.45, 2.75) is 0 Å². The summed E-state index contributed by atoms with van der Waals surface area (Å²) in [4.78, 5) is 29.0. The lowest BCUT2D eigenvalue weighted by atomic mass is 10.2. The van der Waals surface area contributed by atoms with E-state index in [2.05, 4.69) is 10.3 Å². The highest BCUT2D eigenvalue weighted by molar-refractivity contribution is 7.14. The number of methoxy groups -OCH3 is 4. The normalized spacial score (nSPS) is 10.2. The number of nitrogens with one attached hydrogen (secondary N) is 1. The Morgan fingerprint density at radius 2 is 1.59 bits per heavy atom. The van der Waals surface area contributed by atoms with Gasteiger partial charge >= 0.3 is 5.97 Å². The van der Waals surface area contributed by atoms with Crippen molar-refractivity contribution in [2.24, 2.45) is 0 Å². The van der Waals surface area contributed by atoms with Crippen molar-refractivity contribution in [1.29, 1.82) is 0 Å². The molecule has 0 unspecified atom stereocenters. The highest BCUT2D eigenvalue weighted by atomic mass is 32.1. The number of hydrogen-bond acceptors (Lipinski definition) is 9. The summed E-state index contributed by atoms with van der Waals surface area (Å²) in [6, 6.07) is 10.3. The summed E-state index contributed by atoms with van der Waals surface area (Å²) >= 11 is 1.27. The minimum Gasteiger partial charge on any atom is -0.497 e. The van der Waals surface area contributed by atoms with Gasteiger partial charge in [-0.15, -0.1) is 11.3 Å². The Labute approximate surface area is 188 Å². The highest BCUT2D eigenvalue weighted by Crippen LogP contribution is 2.38. The monoisotopic (exact) mass is 458 g/mol.